The van der Waals surface area contributed by atoms with Crippen LogP contribution in [0, 0.1) is 6.92 Å². The molecule has 9 aromatic rings. The van der Waals surface area contributed by atoms with Gasteiger partial charge in [-0.05, 0) is 98.7 Å². The number of hydrogen-bond donors (Lipinski definition) is 4. The second-order valence-electron chi connectivity index (χ2n) is 19.4. The fourth-order valence-corrected chi connectivity index (χ4v) is 10.0. The van der Waals surface area contributed by atoms with E-state index in [1.165, 1.54) is 30.0 Å². The molecule has 81 heavy (non-hydrogen) atoms. The van der Waals surface area contributed by atoms with Crippen molar-refractivity contribution in [1.82, 2.24) is 49.0 Å². The van der Waals surface area contributed by atoms with Gasteiger partial charge in [0.05, 0.1) is 53.6 Å². The van der Waals surface area contributed by atoms with E-state index in [-0.39, 0.29) is 62.4 Å². The molecule has 0 radical (unpaired) electrons. The molecule has 4 amide bonds. The molecule has 21 nitrogen and oxygen atoms in total. The summed E-state index contributed by atoms with van der Waals surface area (Å²) in [7, 11) is 0. The summed E-state index contributed by atoms with van der Waals surface area (Å²) in [4.78, 5) is 101. The molecule has 2 aliphatic heterocycles. The molecule has 4 N–H and O–H groups in total. The van der Waals surface area contributed by atoms with Gasteiger partial charge in [-0.1, -0.05) is 29.8 Å². The number of likely N-dealkylation sites (tertiary alicyclic amines) is 2. The van der Waals surface area contributed by atoms with Crippen molar-refractivity contribution in [3.8, 4) is 11.5 Å². The van der Waals surface area contributed by atoms with Crippen LogP contribution >= 0.6 is 11.6 Å². The number of fused-ring (bicyclic) bond motifs is 2. The Morgan fingerprint density at radius 2 is 1.21 bits per heavy atom. The van der Waals surface area contributed by atoms with Crippen LogP contribution in [0.2, 0.25) is 5.02 Å². The first kappa shape index (κ1) is 54.6. The molecular weight excluding hydrogens is 1070 g/mol. The van der Waals surface area contributed by atoms with Crippen molar-refractivity contribution in [3.63, 3.8) is 0 Å². The maximum absolute atomic E-state index is 14.6. The number of anilines is 6. The van der Waals surface area contributed by atoms with E-state index in [0.717, 1.165) is 17.1 Å². The molecule has 11 rings (SSSR count). The number of amides is 4. The molecule has 4 atom stereocenters. The summed E-state index contributed by atoms with van der Waals surface area (Å²) >= 11 is 6.18. The zero-order valence-corrected chi connectivity index (χ0v) is 44.5. The molecule has 0 aliphatic carbocycles. The number of carbonyl (C=O) groups excluding carboxylic acids is 6. The molecule has 2 fully saturated rings. The number of aryl methyl sites for hydroxylation is 1. The zero-order valence-electron chi connectivity index (χ0n) is 43.7. The second kappa shape index (κ2) is 23.7. The van der Waals surface area contributed by atoms with Crippen LogP contribution in [0.3, 0.4) is 0 Å². The van der Waals surface area contributed by atoms with E-state index >= 15 is 0 Å². The van der Waals surface area contributed by atoms with Gasteiger partial charge in [0.15, 0.2) is 11.6 Å². The molecule has 3 aromatic carbocycles. The van der Waals surface area contributed by atoms with Crippen LogP contribution in [-0.2, 0) is 32.3 Å². The summed E-state index contributed by atoms with van der Waals surface area (Å²) in [6, 6.07) is 24.6. The molecule has 2 saturated heterocycles. The summed E-state index contributed by atoms with van der Waals surface area (Å²) in [6.45, 7) is 3.94. The number of nitrogens with one attached hydrogen (secondary N) is 4. The van der Waals surface area contributed by atoms with Gasteiger partial charge < -0.3 is 39.4 Å². The largest absolute Gasteiger partial charge is 0.354 e. The lowest BCUT2D eigenvalue weighted by atomic mass is 10.1. The highest BCUT2D eigenvalue weighted by molar-refractivity contribution is 6.33. The smallest absolute Gasteiger partial charge is 0.270 e. The Morgan fingerprint density at radius 3 is 1.77 bits per heavy atom. The molecule has 0 saturated carbocycles. The molecular formula is C57H51ClF2N14O7. The van der Waals surface area contributed by atoms with Gasteiger partial charge in [0, 0.05) is 81.4 Å². The molecule has 0 bridgehead atoms. The lowest BCUT2D eigenvalue weighted by Crippen LogP contribution is -2.44. The summed E-state index contributed by atoms with van der Waals surface area (Å²) in [5, 5.41) is 17.1. The number of carbonyl (C=O) groups is 6. The summed E-state index contributed by atoms with van der Waals surface area (Å²) in [5.41, 5.74) is 6.33. The van der Waals surface area contributed by atoms with Crippen molar-refractivity contribution >= 4 is 103 Å². The number of pyridine rings is 2. The van der Waals surface area contributed by atoms with E-state index in [1.54, 1.807) is 114 Å². The highest BCUT2D eigenvalue weighted by Crippen LogP contribution is 2.32. The standard InChI is InChI=1S/C29H24ClFN8O4.C28H27FN6O3/c1-16(40)22-13-38(24-7-6-18(9-21(22)24)34-19-10-32-15-33-11-19)14-26(41)39-12-17(31)8-25(39)27(42)35-29-36-28(43-37-29)20-4-2-3-5-23(20)30;1-17-5-3-7-26(31-17)33-28(38)25-11-19(29)14-35(25)27(37)16-34-15-23(18(2)36)22-12-20(8-9-24(22)34)32-21-6-4-10-30-13-21/h2-7,9-11,13,15,17,25,34H,8,12,14H2,1H3,(H,35,37,42);3-10,12-13,15,19,25,32H,11,14,16H2,1-2H3,(H,31,33,38)/t17-,25+;19-,25+/m11/s1. The Kier molecular flexibility index (Phi) is 16.0. The van der Waals surface area contributed by atoms with Crippen LogP contribution in [0.15, 0.2) is 139 Å². The van der Waals surface area contributed by atoms with E-state index in [0.29, 0.717) is 60.7 Å². The van der Waals surface area contributed by atoms with E-state index in [4.69, 9.17) is 16.1 Å². The van der Waals surface area contributed by atoms with Crippen molar-refractivity contribution < 1.29 is 42.1 Å². The highest BCUT2D eigenvalue weighted by Gasteiger charge is 2.41. The van der Waals surface area contributed by atoms with E-state index in [9.17, 15) is 37.5 Å². The number of benzene rings is 3. The Labute approximate surface area is 465 Å². The SMILES string of the molecule is CC(=O)c1cn(CC(=O)N2C[C@H](F)C[C@H]2C(=O)Nc2cccc(C)n2)c2ccc(Nc3cccnc3)cc12.CC(=O)c1cn(CC(=O)N2C[C@H](F)C[C@H]2C(=O)Nc2noc(-c3ccccc3Cl)n2)c2ccc(Nc3cncnc3)cc12. The topological polar surface area (TPSA) is 257 Å². The maximum Gasteiger partial charge on any atom is 0.270 e. The van der Waals surface area contributed by atoms with Crippen LogP contribution in [0.5, 0.6) is 0 Å². The van der Waals surface area contributed by atoms with Crippen molar-refractivity contribution in [2.45, 2.75) is 71.1 Å². The monoisotopic (exact) mass is 1120 g/mol. The minimum Gasteiger partial charge on any atom is -0.354 e. The number of aromatic nitrogens is 8. The van der Waals surface area contributed by atoms with E-state index < -0.39 is 48.1 Å². The van der Waals surface area contributed by atoms with Crippen molar-refractivity contribution in [3.05, 3.63) is 156 Å². The van der Waals surface area contributed by atoms with Gasteiger partial charge in [-0.2, -0.15) is 4.98 Å². The van der Waals surface area contributed by atoms with Gasteiger partial charge in [0.25, 0.3) is 11.8 Å². The fourth-order valence-electron chi connectivity index (χ4n) is 9.83. The number of rotatable bonds is 15. The third kappa shape index (κ3) is 12.4. The minimum absolute atomic E-state index is 0.0854. The summed E-state index contributed by atoms with van der Waals surface area (Å²) in [5.74, 6) is -2.05. The molecule has 24 heteroatoms. The highest BCUT2D eigenvalue weighted by atomic mass is 35.5. The molecule has 2 aliphatic rings. The number of hydrogen-bond acceptors (Lipinski definition) is 15. The molecule has 0 unspecified atom stereocenters. The lowest BCUT2D eigenvalue weighted by molar-refractivity contribution is -0.137. The Balaban J connectivity index is 0.000000183. The van der Waals surface area contributed by atoms with Gasteiger partial charge in [-0.3, -0.25) is 39.1 Å². The second-order valence-corrected chi connectivity index (χ2v) is 19.8. The third-order valence-electron chi connectivity index (χ3n) is 13.6. The van der Waals surface area contributed by atoms with Crippen LogP contribution in [-0.4, -0.2) is 122 Å². The normalized spacial score (nSPS) is 16.7. The molecule has 412 valence electrons. The van der Waals surface area contributed by atoms with Crippen LogP contribution in [0.4, 0.5) is 43.3 Å². The first-order valence-electron chi connectivity index (χ1n) is 25.5. The van der Waals surface area contributed by atoms with Crippen LogP contribution < -0.4 is 21.3 Å². The van der Waals surface area contributed by atoms with Gasteiger partial charge in [0.2, 0.25) is 23.6 Å². The average Bonchev–Trinajstić information content (AvgIpc) is 4.34. The van der Waals surface area contributed by atoms with Crippen LogP contribution in [0.25, 0.3) is 33.3 Å². The molecule has 8 heterocycles. The van der Waals surface area contributed by atoms with Crippen molar-refractivity contribution in [1.29, 1.82) is 0 Å². The first-order valence-corrected chi connectivity index (χ1v) is 25.9. The zero-order chi connectivity index (χ0) is 56.9. The minimum atomic E-state index is -1.39. The number of nitrogens with zero attached hydrogens (tertiary/aromatic N) is 10. The number of halogens is 3. The summed E-state index contributed by atoms with van der Waals surface area (Å²) < 4.78 is 37.5. The third-order valence-corrected chi connectivity index (χ3v) is 13.9. The van der Waals surface area contributed by atoms with Gasteiger partial charge >= 0.3 is 0 Å². The van der Waals surface area contributed by atoms with Gasteiger partial charge in [-0.15, -0.1) is 0 Å². The number of Topliss-reactive ketones (excluding diaryl/α,β-unsaturated/α-hetero) is 2. The quantitative estimate of drug-likeness (QED) is 0.0699. The van der Waals surface area contributed by atoms with Crippen molar-refractivity contribution in [2.24, 2.45) is 0 Å². The Bertz CT molecular complexity index is 3860. The predicted molar refractivity (Wildman–Crippen MR) is 298 cm³/mol. The van der Waals surface area contributed by atoms with Crippen LogP contribution in [0.1, 0.15) is 53.1 Å². The van der Waals surface area contributed by atoms with E-state index in [1.807, 2.05) is 30.3 Å². The fraction of sp³-hybridized carbons (Fsp3) is 0.228. The lowest BCUT2D eigenvalue weighted by Gasteiger charge is -2.24. The first-order chi connectivity index (χ1) is 39.0. The molecule has 0 spiro atoms. The Morgan fingerprint density at radius 1 is 0.642 bits per heavy atom. The Hall–Kier alpha value is -9.77. The number of alkyl halides is 2. The van der Waals surface area contributed by atoms with Gasteiger partial charge in [-0.25, -0.2) is 23.7 Å². The van der Waals surface area contributed by atoms with E-state index in [2.05, 4.69) is 51.3 Å². The summed E-state index contributed by atoms with van der Waals surface area (Å²) in [6.07, 6.45) is 8.27. The molecule has 6 aromatic heterocycles. The maximum atomic E-state index is 14.6. The van der Waals surface area contributed by atoms with Gasteiger partial charge in [0.1, 0.15) is 49.7 Å². The van der Waals surface area contributed by atoms with Crippen molar-refractivity contribution in [2.75, 3.05) is 34.4 Å². The predicted octanol–water partition coefficient (Wildman–Crippen LogP) is 8.92. The average molecular weight is 1120 g/mol. The number of ketones is 2.